The zero-order valence-electron chi connectivity index (χ0n) is 14.9. The van der Waals surface area contributed by atoms with Gasteiger partial charge in [-0.25, -0.2) is 0 Å². The molecule has 1 aliphatic rings. The summed E-state index contributed by atoms with van der Waals surface area (Å²) in [7, 11) is 0. The van der Waals surface area contributed by atoms with Crippen LogP contribution in [-0.2, 0) is 4.74 Å². The fraction of sp³-hybridized carbons (Fsp3) is 0.500. The molecule has 1 rings (SSSR count). The Morgan fingerprint density at radius 1 is 1.32 bits per heavy atom. The molecule has 0 aromatic heterocycles. The molecule has 0 aliphatic heterocycles. The Kier molecular flexibility index (Phi) is 11.0. The van der Waals surface area contributed by atoms with Gasteiger partial charge in [0.15, 0.2) is 6.29 Å². The van der Waals surface area contributed by atoms with Crippen LogP contribution >= 0.6 is 0 Å². The van der Waals surface area contributed by atoms with E-state index in [0.717, 1.165) is 24.8 Å². The number of nitrogens with one attached hydrogen (secondary N) is 1. The lowest BCUT2D eigenvalue weighted by Gasteiger charge is -2.29. The molecule has 0 bridgehead atoms. The highest BCUT2D eigenvalue weighted by Gasteiger charge is 2.24. The van der Waals surface area contributed by atoms with Gasteiger partial charge in [-0.1, -0.05) is 42.5 Å². The molecule has 4 unspecified atom stereocenters. The first-order valence-corrected chi connectivity index (χ1v) is 8.80. The third kappa shape index (κ3) is 8.95. The van der Waals surface area contributed by atoms with Gasteiger partial charge in [0, 0.05) is 6.54 Å². The SMILES string of the molecule is C=CCCC(C=C)CC(NC(O)CN)C(O)OCC1=CCC=CC=C1. The van der Waals surface area contributed by atoms with Crippen molar-refractivity contribution in [2.75, 3.05) is 13.2 Å². The molecule has 1 aliphatic carbocycles. The summed E-state index contributed by atoms with van der Waals surface area (Å²) >= 11 is 0. The maximum atomic E-state index is 10.5. The molecular weight excluding hydrogens is 316 g/mol. The Morgan fingerprint density at radius 3 is 2.80 bits per heavy atom. The first kappa shape index (κ1) is 21.5. The minimum Gasteiger partial charge on any atom is -0.377 e. The molecule has 0 radical (unpaired) electrons. The number of rotatable bonds is 13. The monoisotopic (exact) mass is 348 g/mol. The van der Waals surface area contributed by atoms with Crippen LogP contribution in [0.1, 0.15) is 25.7 Å². The number of hydrogen-bond donors (Lipinski definition) is 4. The van der Waals surface area contributed by atoms with E-state index in [9.17, 15) is 10.2 Å². The summed E-state index contributed by atoms with van der Waals surface area (Å²) in [6.07, 6.45) is 15.0. The van der Waals surface area contributed by atoms with Crippen LogP contribution in [-0.4, -0.2) is 41.9 Å². The van der Waals surface area contributed by atoms with Gasteiger partial charge in [-0.05, 0) is 37.2 Å². The molecular formula is C20H32N2O3. The average Bonchev–Trinajstić information content (AvgIpc) is 2.90. The molecule has 5 N–H and O–H groups in total. The van der Waals surface area contributed by atoms with E-state index in [-0.39, 0.29) is 12.5 Å². The first-order chi connectivity index (χ1) is 12.1. The summed E-state index contributed by atoms with van der Waals surface area (Å²) in [6, 6.07) is -0.445. The minimum absolute atomic E-state index is 0.0637. The van der Waals surface area contributed by atoms with Gasteiger partial charge in [-0.3, -0.25) is 5.32 Å². The van der Waals surface area contributed by atoms with E-state index in [2.05, 4.69) is 30.6 Å². The van der Waals surface area contributed by atoms with Crippen LogP contribution in [0.3, 0.4) is 0 Å². The van der Waals surface area contributed by atoms with Crippen LogP contribution in [0.25, 0.3) is 0 Å². The van der Waals surface area contributed by atoms with Crippen molar-refractivity contribution in [2.45, 2.75) is 44.2 Å². The molecule has 140 valence electrons. The predicted octanol–water partition coefficient (Wildman–Crippen LogP) is 2.16. The maximum Gasteiger partial charge on any atom is 0.170 e. The summed E-state index contributed by atoms with van der Waals surface area (Å²) in [5.41, 5.74) is 6.49. The van der Waals surface area contributed by atoms with E-state index < -0.39 is 18.6 Å². The van der Waals surface area contributed by atoms with Crippen molar-refractivity contribution in [3.8, 4) is 0 Å². The lowest BCUT2D eigenvalue weighted by atomic mass is 9.94. The molecule has 5 nitrogen and oxygen atoms in total. The van der Waals surface area contributed by atoms with Crippen molar-refractivity contribution in [1.29, 1.82) is 0 Å². The molecule has 25 heavy (non-hydrogen) atoms. The molecule has 0 aromatic carbocycles. The highest BCUT2D eigenvalue weighted by molar-refractivity contribution is 5.26. The Labute approximate surface area is 151 Å². The van der Waals surface area contributed by atoms with Crippen molar-refractivity contribution in [3.05, 3.63) is 61.3 Å². The Hall–Kier alpha value is -1.50. The van der Waals surface area contributed by atoms with Gasteiger partial charge in [0.2, 0.25) is 0 Å². The normalized spacial score (nSPS) is 18.8. The topological polar surface area (TPSA) is 87.7 Å². The van der Waals surface area contributed by atoms with Gasteiger partial charge in [0.25, 0.3) is 0 Å². The second-order valence-corrected chi connectivity index (χ2v) is 6.13. The minimum atomic E-state index is -1.06. The van der Waals surface area contributed by atoms with Crippen molar-refractivity contribution in [1.82, 2.24) is 5.32 Å². The van der Waals surface area contributed by atoms with E-state index in [1.54, 1.807) is 0 Å². The second kappa shape index (κ2) is 12.8. The summed E-state index contributed by atoms with van der Waals surface area (Å²) in [5, 5.41) is 23.2. The molecule has 0 aromatic rings. The highest BCUT2D eigenvalue weighted by Crippen LogP contribution is 2.18. The van der Waals surface area contributed by atoms with Gasteiger partial charge in [0.05, 0.1) is 12.6 Å². The van der Waals surface area contributed by atoms with Crippen LogP contribution in [0.2, 0.25) is 0 Å². The number of aliphatic hydroxyl groups is 2. The summed E-state index contributed by atoms with van der Waals surface area (Å²) in [5.74, 6) is 0.180. The summed E-state index contributed by atoms with van der Waals surface area (Å²) in [4.78, 5) is 0. The van der Waals surface area contributed by atoms with Crippen LogP contribution < -0.4 is 11.1 Å². The molecule has 0 heterocycles. The fourth-order valence-electron chi connectivity index (χ4n) is 2.60. The smallest absolute Gasteiger partial charge is 0.170 e. The van der Waals surface area contributed by atoms with Crippen molar-refractivity contribution < 1.29 is 14.9 Å². The maximum absolute atomic E-state index is 10.5. The third-order valence-corrected chi connectivity index (χ3v) is 4.10. The van der Waals surface area contributed by atoms with Gasteiger partial charge < -0.3 is 20.7 Å². The molecule has 5 heteroatoms. The summed E-state index contributed by atoms with van der Waals surface area (Å²) < 4.78 is 5.63. The Morgan fingerprint density at radius 2 is 2.12 bits per heavy atom. The van der Waals surface area contributed by atoms with Crippen molar-refractivity contribution in [3.63, 3.8) is 0 Å². The van der Waals surface area contributed by atoms with Crippen LogP contribution in [0.4, 0.5) is 0 Å². The van der Waals surface area contributed by atoms with Crippen LogP contribution in [0, 0.1) is 5.92 Å². The number of hydrogen-bond acceptors (Lipinski definition) is 5. The molecule has 0 amide bonds. The average molecular weight is 348 g/mol. The van der Waals surface area contributed by atoms with E-state index >= 15 is 0 Å². The molecule has 0 fully saturated rings. The molecule has 0 saturated heterocycles. The van der Waals surface area contributed by atoms with Crippen molar-refractivity contribution >= 4 is 0 Å². The van der Waals surface area contributed by atoms with E-state index in [1.807, 2.05) is 30.4 Å². The van der Waals surface area contributed by atoms with Crippen molar-refractivity contribution in [2.24, 2.45) is 11.7 Å². The Balaban J connectivity index is 2.63. The van der Waals surface area contributed by atoms with E-state index in [0.29, 0.717) is 13.0 Å². The largest absolute Gasteiger partial charge is 0.377 e. The number of ether oxygens (including phenoxy) is 1. The molecule has 0 saturated carbocycles. The standard InChI is InChI=1S/C20H32N2O3/c1-3-5-10-16(4-2)13-18(22-19(23)14-21)20(24)25-15-17-11-8-6-7-9-12-17/h3-4,6-8,11-12,16,18-20,22-24H,1-2,5,9-10,13-15,21H2. The molecule has 4 atom stereocenters. The van der Waals surface area contributed by atoms with Crippen LogP contribution in [0.5, 0.6) is 0 Å². The fourth-order valence-corrected chi connectivity index (χ4v) is 2.60. The zero-order valence-corrected chi connectivity index (χ0v) is 14.9. The third-order valence-electron chi connectivity index (χ3n) is 4.10. The van der Waals surface area contributed by atoms with Crippen LogP contribution in [0.15, 0.2) is 61.3 Å². The number of aliphatic hydroxyl groups excluding tert-OH is 2. The highest BCUT2D eigenvalue weighted by atomic mass is 16.6. The lowest BCUT2D eigenvalue weighted by molar-refractivity contribution is -0.122. The first-order valence-electron chi connectivity index (χ1n) is 8.80. The van der Waals surface area contributed by atoms with Gasteiger partial charge >= 0.3 is 0 Å². The summed E-state index contributed by atoms with van der Waals surface area (Å²) in [6.45, 7) is 7.96. The quantitative estimate of drug-likeness (QED) is 0.303. The van der Waals surface area contributed by atoms with Gasteiger partial charge in [-0.2, -0.15) is 0 Å². The lowest BCUT2D eigenvalue weighted by Crippen LogP contribution is -2.50. The van der Waals surface area contributed by atoms with E-state index in [1.165, 1.54) is 0 Å². The zero-order chi connectivity index (χ0) is 18.5. The predicted molar refractivity (Wildman–Crippen MR) is 103 cm³/mol. The second-order valence-electron chi connectivity index (χ2n) is 6.13. The van der Waals surface area contributed by atoms with E-state index in [4.69, 9.17) is 10.5 Å². The number of allylic oxidation sites excluding steroid dienone is 6. The Bertz CT molecular complexity index is 485. The van der Waals surface area contributed by atoms with Gasteiger partial charge in [0.1, 0.15) is 6.23 Å². The number of nitrogens with two attached hydrogens (primary N) is 1. The molecule has 0 spiro atoms. The van der Waals surface area contributed by atoms with Gasteiger partial charge in [-0.15, -0.1) is 13.2 Å².